The summed E-state index contributed by atoms with van der Waals surface area (Å²) >= 11 is 6.53. The molecule has 0 radical (unpaired) electrons. The van der Waals surface area contributed by atoms with Crippen LogP contribution in [-0.4, -0.2) is 22.4 Å². The molecule has 0 bridgehead atoms. The van der Waals surface area contributed by atoms with Gasteiger partial charge in [0.05, 0.1) is 15.6 Å². The molecule has 0 spiro atoms. The lowest BCUT2D eigenvalue weighted by Gasteiger charge is -2.06. The summed E-state index contributed by atoms with van der Waals surface area (Å²) in [5, 5.41) is 0. The second-order valence-electron chi connectivity index (χ2n) is 3.96. The fourth-order valence-corrected chi connectivity index (χ4v) is 4.02. The van der Waals surface area contributed by atoms with Crippen LogP contribution < -0.4 is 0 Å². The lowest BCUT2D eigenvalue weighted by Crippen LogP contribution is -2.12. The number of hydrogen-bond acceptors (Lipinski definition) is 4. The van der Waals surface area contributed by atoms with Gasteiger partial charge in [-0.25, -0.2) is 22.4 Å². The first kappa shape index (κ1) is 13.7. The molecule has 0 fully saturated rings. The lowest BCUT2D eigenvalue weighted by atomic mass is 10.4. The monoisotopic (exact) mass is 415 g/mol. The molecule has 20 heavy (non-hydrogen) atoms. The molecule has 0 atom stereocenters. The summed E-state index contributed by atoms with van der Waals surface area (Å²) < 4.78 is 27.5. The van der Waals surface area contributed by atoms with E-state index >= 15 is 0 Å². The standard InChI is InChI=1S/C12H7Br2N3O2S/c13-9-7-17(12-11(9)16-10(14)6-15-12)20(18,19)8-4-2-1-3-5-8/h1-7H. The van der Waals surface area contributed by atoms with Gasteiger partial charge in [0.25, 0.3) is 10.0 Å². The van der Waals surface area contributed by atoms with Crippen molar-refractivity contribution in [2.24, 2.45) is 0 Å². The predicted molar refractivity (Wildman–Crippen MR) is 82.0 cm³/mol. The van der Waals surface area contributed by atoms with Crippen LogP contribution in [0.3, 0.4) is 0 Å². The van der Waals surface area contributed by atoms with Crippen molar-refractivity contribution in [2.75, 3.05) is 0 Å². The van der Waals surface area contributed by atoms with Crippen LogP contribution >= 0.6 is 31.9 Å². The van der Waals surface area contributed by atoms with E-state index in [0.29, 0.717) is 14.6 Å². The van der Waals surface area contributed by atoms with E-state index in [1.54, 1.807) is 30.3 Å². The fraction of sp³-hybridized carbons (Fsp3) is 0. The van der Waals surface area contributed by atoms with Crippen LogP contribution in [0.4, 0.5) is 0 Å². The molecular formula is C12H7Br2N3O2S. The Bertz CT molecular complexity index is 892. The van der Waals surface area contributed by atoms with Gasteiger partial charge in [-0.1, -0.05) is 18.2 Å². The first-order valence-corrected chi connectivity index (χ1v) is 8.52. The Labute approximate surface area is 132 Å². The number of aromatic nitrogens is 3. The topological polar surface area (TPSA) is 64.8 Å². The summed E-state index contributed by atoms with van der Waals surface area (Å²) in [7, 11) is -3.69. The molecular weight excluding hydrogens is 410 g/mol. The van der Waals surface area contributed by atoms with Crippen LogP contribution in [-0.2, 0) is 10.0 Å². The Kier molecular flexibility index (Phi) is 3.39. The van der Waals surface area contributed by atoms with Gasteiger partial charge in [0.1, 0.15) is 10.1 Å². The Morgan fingerprint density at radius 3 is 2.50 bits per heavy atom. The van der Waals surface area contributed by atoms with Gasteiger partial charge in [0, 0.05) is 6.20 Å². The third-order valence-electron chi connectivity index (χ3n) is 2.69. The van der Waals surface area contributed by atoms with Gasteiger partial charge in [-0.2, -0.15) is 0 Å². The van der Waals surface area contributed by atoms with E-state index in [1.807, 2.05) is 0 Å². The van der Waals surface area contributed by atoms with E-state index < -0.39 is 10.0 Å². The first-order valence-electron chi connectivity index (χ1n) is 5.50. The Morgan fingerprint density at radius 2 is 1.80 bits per heavy atom. The Balaban J connectivity index is 2.31. The maximum absolute atomic E-state index is 12.6. The van der Waals surface area contributed by atoms with Crippen molar-refractivity contribution in [1.29, 1.82) is 0 Å². The summed E-state index contributed by atoms with van der Waals surface area (Å²) in [5.74, 6) is 0. The van der Waals surface area contributed by atoms with Gasteiger partial charge in [-0.15, -0.1) is 0 Å². The van der Waals surface area contributed by atoms with Gasteiger partial charge in [-0.05, 0) is 44.0 Å². The summed E-state index contributed by atoms with van der Waals surface area (Å²) in [6, 6.07) is 8.20. The van der Waals surface area contributed by atoms with Crippen molar-refractivity contribution in [1.82, 2.24) is 13.9 Å². The molecule has 0 saturated heterocycles. The third-order valence-corrected chi connectivity index (χ3v) is 5.32. The maximum Gasteiger partial charge on any atom is 0.269 e. The third kappa shape index (κ3) is 2.17. The summed E-state index contributed by atoms with van der Waals surface area (Å²) in [6.45, 7) is 0. The minimum atomic E-state index is -3.69. The summed E-state index contributed by atoms with van der Waals surface area (Å²) in [5.41, 5.74) is 0.766. The molecule has 3 aromatic rings. The molecule has 0 amide bonds. The highest BCUT2D eigenvalue weighted by atomic mass is 79.9. The van der Waals surface area contributed by atoms with Crippen LogP contribution in [0.5, 0.6) is 0 Å². The normalized spacial score (nSPS) is 11.9. The minimum Gasteiger partial charge on any atom is -0.235 e. The van der Waals surface area contributed by atoms with Gasteiger partial charge < -0.3 is 0 Å². The van der Waals surface area contributed by atoms with Crippen LogP contribution in [0.2, 0.25) is 0 Å². The van der Waals surface area contributed by atoms with Gasteiger partial charge >= 0.3 is 0 Å². The molecule has 8 heteroatoms. The number of nitrogens with zero attached hydrogens (tertiary/aromatic N) is 3. The number of fused-ring (bicyclic) bond motifs is 1. The van der Waals surface area contributed by atoms with Crippen LogP contribution in [0, 0.1) is 0 Å². The first-order chi connectivity index (χ1) is 9.50. The SMILES string of the molecule is O=S(=O)(c1ccccc1)n1cc(Br)c2nc(Br)cnc21. The van der Waals surface area contributed by atoms with Crippen molar-refractivity contribution in [3.63, 3.8) is 0 Å². The molecule has 0 aliphatic carbocycles. The largest absolute Gasteiger partial charge is 0.269 e. The van der Waals surface area contributed by atoms with Crippen LogP contribution in [0.1, 0.15) is 0 Å². The van der Waals surface area contributed by atoms with E-state index in [-0.39, 0.29) is 10.5 Å². The van der Waals surface area contributed by atoms with Crippen molar-refractivity contribution in [2.45, 2.75) is 4.90 Å². The van der Waals surface area contributed by atoms with Crippen LogP contribution in [0.25, 0.3) is 11.2 Å². The number of rotatable bonds is 2. The highest BCUT2D eigenvalue weighted by Crippen LogP contribution is 2.27. The summed E-state index contributed by atoms with van der Waals surface area (Å²) in [6.07, 6.45) is 2.92. The van der Waals surface area contributed by atoms with E-state index in [4.69, 9.17) is 0 Å². The predicted octanol–water partition coefficient (Wildman–Crippen LogP) is 3.19. The Morgan fingerprint density at radius 1 is 1.10 bits per heavy atom. The Hall–Kier alpha value is -1.25. The average molecular weight is 417 g/mol. The zero-order valence-corrected chi connectivity index (χ0v) is 13.9. The van der Waals surface area contributed by atoms with E-state index in [0.717, 1.165) is 3.97 Å². The number of benzene rings is 1. The fourth-order valence-electron chi connectivity index (χ4n) is 1.80. The van der Waals surface area contributed by atoms with Crippen molar-refractivity contribution < 1.29 is 8.42 Å². The smallest absolute Gasteiger partial charge is 0.235 e. The quantitative estimate of drug-likeness (QED) is 0.643. The second-order valence-corrected chi connectivity index (χ2v) is 7.44. The number of halogens is 2. The highest BCUT2D eigenvalue weighted by Gasteiger charge is 2.22. The van der Waals surface area contributed by atoms with Gasteiger partial charge in [0.15, 0.2) is 5.65 Å². The zero-order chi connectivity index (χ0) is 14.3. The molecule has 3 rings (SSSR count). The van der Waals surface area contributed by atoms with E-state index in [9.17, 15) is 8.42 Å². The molecule has 0 aliphatic rings. The molecule has 1 aromatic carbocycles. The molecule has 0 aliphatic heterocycles. The molecule has 5 nitrogen and oxygen atoms in total. The molecule has 0 N–H and O–H groups in total. The molecule has 2 aromatic heterocycles. The molecule has 102 valence electrons. The van der Waals surface area contributed by atoms with E-state index in [2.05, 4.69) is 41.8 Å². The summed E-state index contributed by atoms with van der Waals surface area (Å²) in [4.78, 5) is 8.57. The van der Waals surface area contributed by atoms with E-state index in [1.165, 1.54) is 12.4 Å². The minimum absolute atomic E-state index is 0.203. The molecule has 0 saturated carbocycles. The molecule has 0 unspecified atom stereocenters. The number of hydrogen-bond donors (Lipinski definition) is 0. The highest BCUT2D eigenvalue weighted by molar-refractivity contribution is 9.11. The molecule has 2 heterocycles. The van der Waals surface area contributed by atoms with Gasteiger partial charge in [-0.3, -0.25) is 0 Å². The lowest BCUT2D eigenvalue weighted by molar-refractivity contribution is 0.588. The van der Waals surface area contributed by atoms with Crippen molar-refractivity contribution in [3.8, 4) is 0 Å². The second kappa shape index (κ2) is 4.94. The average Bonchev–Trinajstić information content (AvgIpc) is 2.77. The van der Waals surface area contributed by atoms with Crippen molar-refractivity contribution >= 4 is 53.0 Å². The van der Waals surface area contributed by atoms with Gasteiger partial charge in [0.2, 0.25) is 0 Å². The maximum atomic E-state index is 12.6. The van der Waals surface area contributed by atoms with Crippen molar-refractivity contribution in [3.05, 3.63) is 51.8 Å². The van der Waals surface area contributed by atoms with Crippen LogP contribution in [0.15, 0.2) is 56.7 Å². The zero-order valence-electron chi connectivity index (χ0n) is 9.86.